The van der Waals surface area contributed by atoms with E-state index in [1.165, 1.54) is 87.0 Å². The van der Waals surface area contributed by atoms with Crippen molar-refractivity contribution in [2.24, 2.45) is 0 Å². The van der Waals surface area contributed by atoms with Gasteiger partial charge >= 0.3 is 0 Å². The molecule has 2 heterocycles. The van der Waals surface area contributed by atoms with Crippen molar-refractivity contribution in [2.75, 3.05) is 0 Å². The zero-order valence-electron chi connectivity index (χ0n) is 34.8. The van der Waals surface area contributed by atoms with Crippen molar-refractivity contribution in [3.8, 4) is 22.5 Å². The maximum atomic E-state index is 4.08. The summed E-state index contributed by atoms with van der Waals surface area (Å²) in [5.41, 5.74) is 13.7. The number of para-hydroxylation sites is 3. The normalized spacial score (nSPS) is 13.3. The summed E-state index contributed by atoms with van der Waals surface area (Å²) in [5.74, 6) is 0. The summed E-state index contributed by atoms with van der Waals surface area (Å²) >= 11 is 0. The van der Waals surface area contributed by atoms with Crippen LogP contribution in [0.15, 0.2) is 213 Å². The molecule has 3 heteroatoms. The number of hydrogen-bond donors (Lipinski definition) is 0. The van der Waals surface area contributed by atoms with Crippen molar-refractivity contribution in [2.45, 2.75) is 26.2 Å². The van der Waals surface area contributed by atoms with Gasteiger partial charge in [-0.2, -0.15) is 0 Å². The van der Waals surface area contributed by atoms with Crippen LogP contribution in [0.1, 0.15) is 36.2 Å². The van der Waals surface area contributed by atoms with E-state index < -0.39 is 8.07 Å². The first kappa shape index (κ1) is 36.8. The number of rotatable bonds is 8. The van der Waals surface area contributed by atoms with Crippen LogP contribution < -0.4 is 20.7 Å². The van der Waals surface area contributed by atoms with Crippen LogP contribution in [0.25, 0.3) is 61.3 Å². The number of aryl methyl sites for hydroxylation is 1. The second-order valence-corrected chi connectivity index (χ2v) is 20.7. The summed E-state index contributed by atoms with van der Waals surface area (Å²) < 4.78 is 5.02. The van der Waals surface area contributed by atoms with Crippen molar-refractivity contribution in [3.63, 3.8) is 0 Å². The fraction of sp³-hybridized carbons (Fsp3) is 0.0690. The molecule has 10 aromatic rings. The van der Waals surface area contributed by atoms with E-state index in [1.807, 2.05) is 6.08 Å². The Morgan fingerprint density at radius 1 is 0.492 bits per heavy atom. The van der Waals surface area contributed by atoms with E-state index in [4.69, 9.17) is 0 Å². The highest BCUT2D eigenvalue weighted by Crippen LogP contribution is 2.50. The van der Waals surface area contributed by atoms with Gasteiger partial charge in [0.05, 0.1) is 16.6 Å². The van der Waals surface area contributed by atoms with Crippen LogP contribution in [0.2, 0.25) is 0 Å². The van der Waals surface area contributed by atoms with E-state index in [-0.39, 0.29) is 5.41 Å². The predicted octanol–water partition coefficient (Wildman–Crippen LogP) is 11.9. The first-order chi connectivity index (χ1) is 29.9. The Labute approximate surface area is 359 Å². The van der Waals surface area contributed by atoms with Gasteiger partial charge in [0.25, 0.3) is 0 Å². The third kappa shape index (κ3) is 5.40. The minimum Gasteiger partial charge on any atom is -0.310 e. The molecule has 292 valence electrons. The standard InChI is InChI=1S/C58H46N2Si/c1-5-6-34-53-40(2)49-38-50-46-30-16-18-33-51(46)58(3,4)52(50)39-55(49)59(53)42-24-20-29-45(37-42)61(43-25-12-8-13-26-43,44-27-14-9-15-28-44)56-36-21-32-48-47-31-17-19-35-54(47)60(57(48)56)41-22-10-7-11-23-41/h5-39H,1H2,2-4H3/b34-6-. The molecule has 0 fully saturated rings. The van der Waals surface area contributed by atoms with Crippen LogP contribution >= 0.6 is 0 Å². The molecule has 1 aliphatic carbocycles. The number of allylic oxidation sites excluding steroid dienone is 2. The van der Waals surface area contributed by atoms with Crippen LogP contribution in [0.4, 0.5) is 0 Å². The van der Waals surface area contributed by atoms with Gasteiger partial charge < -0.3 is 9.13 Å². The molecule has 2 aromatic heterocycles. The van der Waals surface area contributed by atoms with Gasteiger partial charge in [-0.15, -0.1) is 0 Å². The Morgan fingerprint density at radius 2 is 1.10 bits per heavy atom. The Bertz CT molecular complexity index is 3310. The van der Waals surface area contributed by atoms with E-state index in [0.717, 1.165) is 11.4 Å². The first-order valence-electron chi connectivity index (χ1n) is 21.3. The van der Waals surface area contributed by atoms with Crippen LogP contribution in [0, 0.1) is 6.92 Å². The van der Waals surface area contributed by atoms with Crippen LogP contribution in [-0.2, 0) is 5.41 Å². The zero-order valence-corrected chi connectivity index (χ0v) is 35.8. The average Bonchev–Trinajstić information content (AvgIpc) is 3.88. The molecule has 61 heavy (non-hydrogen) atoms. The number of nitrogens with zero attached hydrogens (tertiary/aromatic N) is 2. The molecule has 0 amide bonds. The highest BCUT2D eigenvalue weighted by atomic mass is 28.3. The van der Waals surface area contributed by atoms with Gasteiger partial charge in [-0.05, 0) is 104 Å². The number of fused-ring (bicyclic) bond motifs is 7. The average molecular weight is 799 g/mol. The molecular weight excluding hydrogens is 753 g/mol. The monoisotopic (exact) mass is 798 g/mol. The molecule has 0 atom stereocenters. The van der Waals surface area contributed by atoms with Crippen molar-refractivity contribution in [1.82, 2.24) is 9.13 Å². The molecule has 11 rings (SSSR count). The molecule has 0 spiro atoms. The van der Waals surface area contributed by atoms with Crippen molar-refractivity contribution in [3.05, 3.63) is 235 Å². The lowest BCUT2D eigenvalue weighted by atomic mass is 9.82. The summed E-state index contributed by atoms with van der Waals surface area (Å²) in [5, 5.41) is 9.16. The molecule has 2 nitrogen and oxygen atoms in total. The van der Waals surface area contributed by atoms with Gasteiger partial charge in [-0.3, -0.25) is 0 Å². The highest BCUT2D eigenvalue weighted by molar-refractivity contribution is 7.20. The van der Waals surface area contributed by atoms with Gasteiger partial charge in [0.1, 0.15) is 0 Å². The lowest BCUT2D eigenvalue weighted by Crippen LogP contribution is -2.75. The van der Waals surface area contributed by atoms with E-state index >= 15 is 0 Å². The van der Waals surface area contributed by atoms with Gasteiger partial charge in [-0.1, -0.05) is 184 Å². The SMILES string of the molecule is C=C/C=C\c1c(C)c2cc3c(cc2n1-c1cccc([Si](c2ccccc2)(c2ccccc2)c2cccc4c5ccccc5n(-c5ccccc5)c24)c1)C(C)(C)c1ccccc1-3. The number of hydrogen-bond acceptors (Lipinski definition) is 0. The predicted molar refractivity (Wildman–Crippen MR) is 263 cm³/mol. The maximum absolute atomic E-state index is 4.08. The maximum Gasteiger partial charge on any atom is 0.181 e. The molecular formula is C58H46N2Si. The largest absolute Gasteiger partial charge is 0.310 e. The zero-order chi connectivity index (χ0) is 41.3. The summed E-state index contributed by atoms with van der Waals surface area (Å²) in [6.07, 6.45) is 6.19. The lowest BCUT2D eigenvalue weighted by Gasteiger charge is -2.35. The molecule has 0 N–H and O–H groups in total. The molecule has 0 bridgehead atoms. The Hall–Kier alpha value is -7.20. The van der Waals surface area contributed by atoms with Gasteiger partial charge in [-0.25, -0.2) is 0 Å². The highest BCUT2D eigenvalue weighted by Gasteiger charge is 2.44. The fourth-order valence-corrected chi connectivity index (χ4v) is 15.7. The summed E-state index contributed by atoms with van der Waals surface area (Å²) in [4.78, 5) is 0. The molecule has 0 saturated carbocycles. The van der Waals surface area contributed by atoms with Crippen molar-refractivity contribution < 1.29 is 0 Å². The van der Waals surface area contributed by atoms with E-state index in [2.05, 4.69) is 243 Å². The summed E-state index contributed by atoms with van der Waals surface area (Å²) in [6.45, 7) is 11.1. The molecule has 0 unspecified atom stereocenters. The van der Waals surface area contributed by atoms with E-state index in [9.17, 15) is 0 Å². The molecule has 0 aliphatic heterocycles. The molecule has 8 aromatic carbocycles. The van der Waals surface area contributed by atoms with Crippen molar-refractivity contribution >= 4 is 67.6 Å². The first-order valence-corrected chi connectivity index (χ1v) is 23.3. The summed E-state index contributed by atoms with van der Waals surface area (Å²) in [6, 6.07) is 72.9. The quantitative estimate of drug-likeness (QED) is 0.0823. The number of aromatic nitrogens is 2. The third-order valence-electron chi connectivity index (χ3n) is 13.4. The topological polar surface area (TPSA) is 9.86 Å². The van der Waals surface area contributed by atoms with Crippen LogP contribution in [-0.4, -0.2) is 17.2 Å². The van der Waals surface area contributed by atoms with Crippen molar-refractivity contribution in [1.29, 1.82) is 0 Å². The smallest absolute Gasteiger partial charge is 0.181 e. The van der Waals surface area contributed by atoms with E-state index in [1.54, 1.807) is 0 Å². The Balaban J connectivity index is 1.26. The summed E-state index contributed by atoms with van der Waals surface area (Å²) in [7, 11) is -3.11. The Morgan fingerprint density at radius 3 is 1.84 bits per heavy atom. The van der Waals surface area contributed by atoms with Crippen LogP contribution in [0.3, 0.4) is 0 Å². The Kier molecular flexibility index (Phi) is 8.59. The molecule has 0 saturated heterocycles. The minimum absolute atomic E-state index is 0.124. The van der Waals surface area contributed by atoms with Gasteiger partial charge in [0.2, 0.25) is 0 Å². The molecule has 0 radical (unpaired) electrons. The third-order valence-corrected chi connectivity index (χ3v) is 18.2. The van der Waals surface area contributed by atoms with Crippen LogP contribution in [0.5, 0.6) is 0 Å². The molecule has 1 aliphatic rings. The second-order valence-electron chi connectivity index (χ2n) is 16.9. The lowest BCUT2D eigenvalue weighted by molar-refractivity contribution is 0.661. The minimum atomic E-state index is -3.11. The van der Waals surface area contributed by atoms with Gasteiger partial charge in [0.15, 0.2) is 8.07 Å². The van der Waals surface area contributed by atoms with E-state index in [0.29, 0.717) is 0 Å². The number of benzene rings is 8. The second kappa shape index (κ2) is 14.2. The van der Waals surface area contributed by atoms with Gasteiger partial charge in [0, 0.05) is 38.6 Å². The fourth-order valence-electron chi connectivity index (χ4n) is 10.7.